The summed E-state index contributed by atoms with van der Waals surface area (Å²) in [5.74, 6) is -0.0769. The Balaban J connectivity index is 2.13. The Morgan fingerprint density at radius 2 is 2.38 bits per heavy atom. The fraction of sp³-hybridized carbons (Fsp3) is 0.500. The zero-order chi connectivity index (χ0) is 11.5. The Kier molecular flexibility index (Phi) is 3.24. The number of carbonyl (C=O) groups is 1. The average molecular weight is 242 g/mol. The monoisotopic (exact) mass is 241 g/mol. The van der Waals surface area contributed by atoms with Crippen LogP contribution in [0.25, 0.3) is 0 Å². The van der Waals surface area contributed by atoms with Gasteiger partial charge in [0, 0.05) is 12.6 Å². The van der Waals surface area contributed by atoms with Crippen LogP contribution in [0.4, 0.5) is 5.82 Å². The van der Waals surface area contributed by atoms with Gasteiger partial charge in [-0.2, -0.15) is 0 Å². The molecule has 2 rings (SSSR count). The number of aromatic nitrogens is 2. The van der Waals surface area contributed by atoms with Gasteiger partial charge in [0.25, 0.3) is 0 Å². The van der Waals surface area contributed by atoms with Crippen molar-refractivity contribution in [3.8, 4) is 0 Å². The van der Waals surface area contributed by atoms with Crippen LogP contribution in [-0.4, -0.2) is 33.9 Å². The summed E-state index contributed by atoms with van der Waals surface area (Å²) in [6, 6.07) is 3.46. The zero-order valence-electron chi connectivity index (χ0n) is 8.64. The lowest BCUT2D eigenvalue weighted by atomic mass is 10.1. The van der Waals surface area contributed by atoms with E-state index in [0.717, 1.165) is 19.4 Å². The molecule has 1 aliphatic rings. The molecule has 1 aliphatic heterocycles. The normalized spacial score (nSPS) is 20.1. The summed E-state index contributed by atoms with van der Waals surface area (Å²) in [4.78, 5) is 12.7. The summed E-state index contributed by atoms with van der Waals surface area (Å²) in [7, 11) is 0. The molecule has 1 fully saturated rings. The van der Waals surface area contributed by atoms with Crippen LogP contribution in [0.1, 0.15) is 19.3 Å². The van der Waals surface area contributed by atoms with Crippen LogP contribution in [0.3, 0.4) is 0 Å². The third kappa shape index (κ3) is 2.41. The molecule has 1 aromatic rings. The first-order valence-corrected chi connectivity index (χ1v) is 5.52. The highest BCUT2D eigenvalue weighted by atomic mass is 35.5. The standard InChI is InChI=1S/C10H12ClN3O2/c11-8-3-4-9(13-12-8)14-5-1-2-7(14)6-10(15)16/h3-4,7H,1-2,5-6H2,(H,15,16). The molecule has 0 amide bonds. The molecule has 0 aliphatic carbocycles. The molecule has 16 heavy (non-hydrogen) atoms. The van der Waals surface area contributed by atoms with Crippen LogP contribution in [0, 0.1) is 0 Å². The predicted octanol–water partition coefficient (Wildman–Crippen LogP) is 1.57. The van der Waals surface area contributed by atoms with E-state index in [9.17, 15) is 4.79 Å². The maximum atomic E-state index is 10.7. The molecule has 0 bridgehead atoms. The first-order valence-electron chi connectivity index (χ1n) is 5.14. The molecule has 2 heterocycles. The van der Waals surface area contributed by atoms with E-state index in [1.807, 2.05) is 4.90 Å². The first kappa shape index (κ1) is 11.1. The van der Waals surface area contributed by atoms with Gasteiger partial charge in [-0.25, -0.2) is 0 Å². The van der Waals surface area contributed by atoms with E-state index in [1.165, 1.54) is 0 Å². The van der Waals surface area contributed by atoms with Crippen molar-refractivity contribution in [3.63, 3.8) is 0 Å². The van der Waals surface area contributed by atoms with Gasteiger partial charge in [-0.1, -0.05) is 11.6 Å². The number of hydrogen-bond donors (Lipinski definition) is 1. The molecular weight excluding hydrogens is 230 g/mol. The van der Waals surface area contributed by atoms with Crippen molar-refractivity contribution in [2.24, 2.45) is 0 Å². The van der Waals surface area contributed by atoms with Crippen LogP contribution in [-0.2, 0) is 4.79 Å². The van der Waals surface area contributed by atoms with E-state index in [0.29, 0.717) is 11.0 Å². The van der Waals surface area contributed by atoms with Gasteiger partial charge in [-0.15, -0.1) is 10.2 Å². The molecule has 1 atom stereocenters. The summed E-state index contributed by atoms with van der Waals surface area (Å²) in [6.45, 7) is 0.828. The summed E-state index contributed by atoms with van der Waals surface area (Å²) >= 11 is 5.65. The molecule has 86 valence electrons. The fourth-order valence-corrected chi connectivity index (χ4v) is 2.11. The highest BCUT2D eigenvalue weighted by molar-refractivity contribution is 6.29. The van der Waals surface area contributed by atoms with Gasteiger partial charge in [0.15, 0.2) is 11.0 Å². The number of carboxylic acid groups (broad SMARTS) is 1. The van der Waals surface area contributed by atoms with E-state index >= 15 is 0 Å². The molecule has 5 nitrogen and oxygen atoms in total. The van der Waals surface area contributed by atoms with Gasteiger partial charge in [0.1, 0.15) is 0 Å². The maximum absolute atomic E-state index is 10.7. The number of hydrogen-bond acceptors (Lipinski definition) is 4. The molecule has 1 unspecified atom stereocenters. The average Bonchev–Trinajstić information content (AvgIpc) is 2.66. The second-order valence-corrected chi connectivity index (χ2v) is 4.19. The summed E-state index contributed by atoms with van der Waals surface area (Å²) in [6.07, 6.45) is 2.02. The maximum Gasteiger partial charge on any atom is 0.305 e. The van der Waals surface area contributed by atoms with Crippen molar-refractivity contribution in [1.29, 1.82) is 0 Å². The van der Waals surface area contributed by atoms with E-state index in [4.69, 9.17) is 16.7 Å². The van der Waals surface area contributed by atoms with Gasteiger partial charge in [-0.3, -0.25) is 4.79 Å². The molecule has 1 N–H and O–H groups in total. The summed E-state index contributed by atoms with van der Waals surface area (Å²) in [5, 5.41) is 16.9. The minimum absolute atomic E-state index is 0.0213. The van der Waals surface area contributed by atoms with Gasteiger partial charge in [0.2, 0.25) is 0 Å². The molecule has 0 saturated carbocycles. The number of aliphatic carboxylic acids is 1. The lowest BCUT2D eigenvalue weighted by Crippen LogP contribution is -2.32. The Morgan fingerprint density at radius 1 is 1.56 bits per heavy atom. The minimum Gasteiger partial charge on any atom is -0.481 e. The lowest BCUT2D eigenvalue weighted by molar-refractivity contribution is -0.137. The molecule has 0 spiro atoms. The first-order chi connectivity index (χ1) is 7.66. The zero-order valence-corrected chi connectivity index (χ0v) is 9.39. The SMILES string of the molecule is O=C(O)CC1CCCN1c1ccc(Cl)nn1. The van der Waals surface area contributed by atoms with Gasteiger partial charge < -0.3 is 10.0 Å². The Labute approximate surface area is 98.0 Å². The third-order valence-corrected chi connectivity index (χ3v) is 2.90. The number of rotatable bonds is 3. The topological polar surface area (TPSA) is 66.3 Å². The highest BCUT2D eigenvalue weighted by Gasteiger charge is 2.27. The van der Waals surface area contributed by atoms with E-state index < -0.39 is 5.97 Å². The lowest BCUT2D eigenvalue weighted by Gasteiger charge is -2.23. The van der Waals surface area contributed by atoms with Crippen LogP contribution in [0.2, 0.25) is 5.15 Å². The smallest absolute Gasteiger partial charge is 0.305 e. The van der Waals surface area contributed by atoms with Gasteiger partial charge in [0.05, 0.1) is 6.42 Å². The van der Waals surface area contributed by atoms with Crippen molar-refractivity contribution >= 4 is 23.4 Å². The minimum atomic E-state index is -0.779. The number of halogens is 1. The second-order valence-electron chi connectivity index (χ2n) is 3.80. The van der Waals surface area contributed by atoms with Crippen molar-refractivity contribution in [2.45, 2.75) is 25.3 Å². The number of nitrogens with zero attached hydrogens (tertiary/aromatic N) is 3. The van der Waals surface area contributed by atoms with Crippen molar-refractivity contribution < 1.29 is 9.90 Å². The molecular formula is C10H12ClN3O2. The van der Waals surface area contributed by atoms with Crippen molar-refractivity contribution in [2.75, 3.05) is 11.4 Å². The van der Waals surface area contributed by atoms with Crippen molar-refractivity contribution in [1.82, 2.24) is 10.2 Å². The molecule has 0 aromatic carbocycles. The van der Waals surface area contributed by atoms with Crippen LogP contribution < -0.4 is 4.90 Å². The molecule has 6 heteroatoms. The fourth-order valence-electron chi connectivity index (χ4n) is 2.01. The summed E-state index contributed by atoms with van der Waals surface area (Å²) in [5.41, 5.74) is 0. The molecule has 1 saturated heterocycles. The van der Waals surface area contributed by atoms with Crippen molar-refractivity contribution in [3.05, 3.63) is 17.3 Å². The van der Waals surface area contributed by atoms with E-state index in [2.05, 4.69) is 10.2 Å². The van der Waals surface area contributed by atoms with Gasteiger partial charge >= 0.3 is 5.97 Å². The number of carboxylic acids is 1. The highest BCUT2D eigenvalue weighted by Crippen LogP contribution is 2.25. The molecule has 0 radical (unpaired) electrons. The Morgan fingerprint density at radius 3 is 3.00 bits per heavy atom. The van der Waals surface area contributed by atoms with Crippen LogP contribution >= 0.6 is 11.6 Å². The van der Waals surface area contributed by atoms with E-state index in [1.54, 1.807) is 12.1 Å². The Hall–Kier alpha value is -1.36. The van der Waals surface area contributed by atoms with Crippen LogP contribution in [0.5, 0.6) is 0 Å². The van der Waals surface area contributed by atoms with Crippen LogP contribution in [0.15, 0.2) is 12.1 Å². The number of anilines is 1. The largest absolute Gasteiger partial charge is 0.481 e. The Bertz CT molecular complexity index is 382. The summed E-state index contributed by atoms with van der Waals surface area (Å²) < 4.78 is 0. The predicted molar refractivity (Wildman–Crippen MR) is 59.7 cm³/mol. The van der Waals surface area contributed by atoms with E-state index in [-0.39, 0.29) is 12.5 Å². The quantitative estimate of drug-likeness (QED) is 0.870. The molecule has 1 aromatic heterocycles. The third-order valence-electron chi connectivity index (χ3n) is 2.70. The second kappa shape index (κ2) is 4.65. The van der Waals surface area contributed by atoms with Gasteiger partial charge in [-0.05, 0) is 25.0 Å².